The summed E-state index contributed by atoms with van der Waals surface area (Å²) in [6.07, 6.45) is -4.58. The first-order chi connectivity index (χ1) is 8.69. The molecule has 0 aliphatic carbocycles. The van der Waals surface area contributed by atoms with E-state index in [2.05, 4.69) is 5.32 Å². The molecule has 8 heteroatoms. The van der Waals surface area contributed by atoms with Crippen molar-refractivity contribution in [3.8, 4) is 0 Å². The molecule has 19 heavy (non-hydrogen) atoms. The Kier molecular flexibility index (Phi) is 5.25. The van der Waals surface area contributed by atoms with Crippen LogP contribution in [0.4, 0.5) is 0 Å². The van der Waals surface area contributed by atoms with Gasteiger partial charge in [0.2, 0.25) is 5.79 Å². The predicted octanol–water partition coefficient (Wildman–Crippen LogP) is -2.51. The number of carboxylic acid groups (broad SMARTS) is 1. The number of aliphatic carboxylic acids is 1. The zero-order chi connectivity index (χ0) is 14.8. The first kappa shape index (κ1) is 16.3. The van der Waals surface area contributed by atoms with Gasteiger partial charge in [0.25, 0.3) is 0 Å². The lowest BCUT2D eigenvalue weighted by Crippen LogP contribution is -2.65. The SMILES string of the molecule is CC(C)[C@@H](NC[C@@]1(O)OC[C@@H](O)[C@@H](O)[C@@H]1O)C(=O)O. The summed E-state index contributed by atoms with van der Waals surface area (Å²) in [5.74, 6) is -3.47. The fraction of sp³-hybridized carbons (Fsp3) is 0.909. The summed E-state index contributed by atoms with van der Waals surface area (Å²) >= 11 is 0. The van der Waals surface area contributed by atoms with Crippen molar-refractivity contribution in [1.82, 2.24) is 5.32 Å². The normalized spacial score (nSPS) is 37.3. The van der Waals surface area contributed by atoms with Crippen LogP contribution in [0.25, 0.3) is 0 Å². The summed E-state index contributed by atoms with van der Waals surface area (Å²) in [5.41, 5.74) is 0. The van der Waals surface area contributed by atoms with Gasteiger partial charge in [0, 0.05) is 0 Å². The molecule has 0 bridgehead atoms. The van der Waals surface area contributed by atoms with Crippen molar-refractivity contribution >= 4 is 5.97 Å². The second kappa shape index (κ2) is 6.12. The monoisotopic (exact) mass is 279 g/mol. The van der Waals surface area contributed by atoms with Crippen molar-refractivity contribution in [1.29, 1.82) is 0 Å². The summed E-state index contributed by atoms with van der Waals surface area (Å²) in [5, 5.41) is 50.0. The van der Waals surface area contributed by atoms with E-state index < -0.39 is 36.1 Å². The maximum Gasteiger partial charge on any atom is 0.320 e. The Bertz CT molecular complexity index is 324. The molecule has 0 saturated carbocycles. The zero-order valence-corrected chi connectivity index (χ0v) is 10.9. The minimum Gasteiger partial charge on any atom is -0.480 e. The van der Waals surface area contributed by atoms with Crippen LogP contribution >= 0.6 is 0 Å². The molecule has 1 fully saturated rings. The third kappa shape index (κ3) is 3.62. The highest BCUT2D eigenvalue weighted by Gasteiger charge is 2.48. The second-order valence-corrected chi connectivity index (χ2v) is 5.10. The molecular weight excluding hydrogens is 258 g/mol. The number of rotatable bonds is 5. The molecular formula is C11H21NO7. The molecule has 0 aromatic carbocycles. The van der Waals surface area contributed by atoms with Crippen molar-refractivity contribution in [2.24, 2.45) is 5.92 Å². The van der Waals surface area contributed by atoms with Gasteiger partial charge in [-0.3, -0.25) is 10.1 Å². The standard InChI is InChI=1S/C11H21NO7/c1-5(2)7(10(16)17)12-4-11(18)9(15)8(14)6(13)3-19-11/h5-9,12-15,18H,3-4H2,1-2H3,(H,16,17)/t6-,7-,8-,9+,11-/m1/s1. The van der Waals surface area contributed by atoms with Crippen LogP contribution in [0.5, 0.6) is 0 Å². The fourth-order valence-corrected chi connectivity index (χ4v) is 1.91. The molecule has 1 aliphatic rings. The second-order valence-electron chi connectivity index (χ2n) is 5.10. The zero-order valence-electron chi connectivity index (χ0n) is 10.9. The predicted molar refractivity (Wildman–Crippen MR) is 63.2 cm³/mol. The largest absolute Gasteiger partial charge is 0.480 e. The topological polar surface area (TPSA) is 139 Å². The van der Waals surface area contributed by atoms with Crippen molar-refractivity contribution in [3.63, 3.8) is 0 Å². The molecule has 8 nitrogen and oxygen atoms in total. The highest BCUT2D eigenvalue weighted by Crippen LogP contribution is 2.23. The van der Waals surface area contributed by atoms with Crippen LogP contribution in [0, 0.1) is 5.92 Å². The van der Waals surface area contributed by atoms with Crippen LogP contribution in [0.3, 0.4) is 0 Å². The minimum atomic E-state index is -2.14. The number of aliphatic hydroxyl groups is 4. The van der Waals surface area contributed by atoms with E-state index in [-0.39, 0.29) is 19.1 Å². The van der Waals surface area contributed by atoms with E-state index >= 15 is 0 Å². The Morgan fingerprint density at radius 3 is 2.47 bits per heavy atom. The molecule has 112 valence electrons. The van der Waals surface area contributed by atoms with Gasteiger partial charge in [-0.2, -0.15) is 0 Å². The lowest BCUT2D eigenvalue weighted by molar-refractivity contribution is -0.318. The Morgan fingerprint density at radius 1 is 1.42 bits per heavy atom. The van der Waals surface area contributed by atoms with E-state index in [1.54, 1.807) is 13.8 Å². The first-order valence-electron chi connectivity index (χ1n) is 6.05. The Morgan fingerprint density at radius 2 is 2.00 bits per heavy atom. The van der Waals surface area contributed by atoms with Crippen molar-refractivity contribution < 1.29 is 35.1 Å². The number of hydrogen-bond donors (Lipinski definition) is 6. The Hall–Kier alpha value is -0.770. The van der Waals surface area contributed by atoms with Crippen molar-refractivity contribution in [2.75, 3.05) is 13.2 Å². The maximum atomic E-state index is 11.0. The van der Waals surface area contributed by atoms with E-state index in [1.807, 2.05) is 0 Å². The van der Waals surface area contributed by atoms with Gasteiger partial charge >= 0.3 is 5.97 Å². The number of nitrogens with one attached hydrogen (secondary N) is 1. The molecule has 1 aliphatic heterocycles. The third-order valence-corrected chi connectivity index (χ3v) is 3.19. The molecule has 0 amide bonds. The third-order valence-electron chi connectivity index (χ3n) is 3.19. The van der Waals surface area contributed by atoms with Gasteiger partial charge in [0.1, 0.15) is 24.4 Å². The molecule has 0 aromatic rings. The lowest BCUT2D eigenvalue weighted by Gasteiger charge is -2.42. The van der Waals surface area contributed by atoms with Crippen LogP contribution in [0.2, 0.25) is 0 Å². The number of aliphatic hydroxyl groups excluding tert-OH is 3. The number of ether oxygens (including phenoxy) is 1. The number of hydrogen-bond acceptors (Lipinski definition) is 7. The smallest absolute Gasteiger partial charge is 0.320 e. The molecule has 5 atom stereocenters. The van der Waals surface area contributed by atoms with Crippen LogP contribution in [0.15, 0.2) is 0 Å². The van der Waals surface area contributed by atoms with Crippen LogP contribution in [0.1, 0.15) is 13.8 Å². The van der Waals surface area contributed by atoms with E-state index in [9.17, 15) is 25.2 Å². The molecule has 1 heterocycles. The van der Waals surface area contributed by atoms with Crippen LogP contribution in [-0.2, 0) is 9.53 Å². The minimum absolute atomic E-state index is 0.239. The van der Waals surface area contributed by atoms with E-state index in [1.165, 1.54) is 0 Å². The quantitative estimate of drug-likeness (QED) is 0.324. The van der Waals surface area contributed by atoms with E-state index in [0.717, 1.165) is 0 Å². The molecule has 0 aromatic heterocycles. The van der Waals surface area contributed by atoms with Crippen LogP contribution in [-0.4, -0.2) is 74.8 Å². The van der Waals surface area contributed by atoms with Gasteiger partial charge in [-0.15, -0.1) is 0 Å². The van der Waals surface area contributed by atoms with Gasteiger partial charge in [0.15, 0.2) is 0 Å². The van der Waals surface area contributed by atoms with E-state index in [4.69, 9.17) is 9.84 Å². The van der Waals surface area contributed by atoms with Crippen molar-refractivity contribution in [3.05, 3.63) is 0 Å². The number of carbonyl (C=O) groups is 1. The Balaban J connectivity index is 2.67. The fourth-order valence-electron chi connectivity index (χ4n) is 1.91. The maximum absolute atomic E-state index is 11.0. The summed E-state index contributed by atoms with van der Waals surface area (Å²) in [6.45, 7) is 2.64. The summed E-state index contributed by atoms with van der Waals surface area (Å²) < 4.78 is 4.91. The van der Waals surface area contributed by atoms with Crippen molar-refractivity contribution in [2.45, 2.75) is 44.0 Å². The van der Waals surface area contributed by atoms with Gasteiger partial charge < -0.3 is 30.3 Å². The van der Waals surface area contributed by atoms with Gasteiger partial charge in [0.05, 0.1) is 13.2 Å². The van der Waals surface area contributed by atoms with Gasteiger partial charge in [-0.25, -0.2) is 0 Å². The van der Waals surface area contributed by atoms with Gasteiger partial charge in [-0.1, -0.05) is 13.8 Å². The molecule has 0 radical (unpaired) electrons. The van der Waals surface area contributed by atoms with E-state index in [0.29, 0.717) is 0 Å². The average Bonchev–Trinajstić information content (AvgIpc) is 2.31. The lowest BCUT2D eigenvalue weighted by atomic mass is 9.96. The average molecular weight is 279 g/mol. The summed E-state index contributed by atoms with van der Waals surface area (Å²) in [4.78, 5) is 11.0. The van der Waals surface area contributed by atoms with Gasteiger partial charge in [-0.05, 0) is 5.92 Å². The molecule has 0 spiro atoms. The molecule has 1 rings (SSSR count). The van der Waals surface area contributed by atoms with Crippen LogP contribution < -0.4 is 5.32 Å². The molecule has 6 N–H and O–H groups in total. The summed E-state index contributed by atoms with van der Waals surface area (Å²) in [6, 6.07) is -0.927. The first-order valence-corrected chi connectivity index (χ1v) is 6.05. The number of carboxylic acids is 1. The molecule has 1 saturated heterocycles. The highest BCUT2D eigenvalue weighted by atomic mass is 16.6. The summed E-state index contributed by atoms with van der Waals surface area (Å²) in [7, 11) is 0. The highest BCUT2D eigenvalue weighted by molar-refractivity contribution is 5.73. The Labute approximate surface area is 110 Å². The molecule has 0 unspecified atom stereocenters.